The topological polar surface area (TPSA) is 0 Å². The van der Waals surface area contributed by atoms with Gasteiger partial charge in [-0.1, -0.05) is 84.4 Å². The lowest BCUT2D eigenvalue weighted by Crippen LogP contribution is -1.97. The third-order valence-electron chi connectivity index (χ3n) is 4.58. The molecule has 1 atom stereocenters. The van der Waals surface area contributed by atoms with E-state index < -0.39 is 0 Å². The van der Waals surface area contributed by atoms with Crippen LogP contribution in [0.3, 0.4) is 0 Å². The Morgan fingerprint density at radius 3 is 2.05 bits per heavy atom. The Bertz CT molecular complexity index is 936. The molecule has 0 aliphatic carbocycles. The number of rotatable bonds is 3. The van der Waals surface area contributed by atoms with Crippen molar-refractivity contribution in [1.82, 2.24) is 0 Å². The quantitative estimate of drug-likeness (QED) is 0.274. The molecule has 0 saturated heterocycles. The highest BCUT2D eigenvalue weighted by Gasteiger charge is 2.16. The Labute approximate surface area is 139 Å². The molecule has 0 radical (unpaired) electrons. The predicted octanol–water partition coefficient (Wildman–Crippen LogP) is 7.07. The summed E-state index contributed by atoms with van der Waals surface area (Å²) < 4.78 is 0. The fraction of sp³-hybridized carbons (Fsp3) is 0.238. The van der Waals surface area contributed by atoms with Crippen LogP contribution in [0.1, 0.15) is 30.7 Å². The van der Waals surface area contributed by atoms with Crippen LogP contribution >= 0.6 is 15.9 Å². The second-order valence-corrected chi connectivity index (χ2v) is 7.71. The SMILES string of the molecule is CC(C)CC(Br)c1ccc2ccc3cccc4ccc1c2c34. The second kappa shape index (κ2) is 5.24. The van der Waals surface area contributed by atoms with Crippen LogP contribution in [0.4, 0.5) is 0 Å². The van der Waals surface area contributed by atoms with Crippen molar-refractivity contribution in [2.75, 3.05) is 0 Å². The summed E-state index contributed by atoms with van der Waals surface area (Å²) in [5.41, 5.74) is 1.42. The molecule has 22 heavy (non-hydrogen) atoms. The van der Waals surface area contributed by atoms with Gasteiger partial charge in [-0.3, -0.25) is 0 Å². The first-order valence-corrected chi connectivity index (χ1v) is 8.87. The molecular formula is C21H19Br. The summed E-state index contributed by atoms with van der Waals surface area (Å²) in [5, 5.41) is 8.23. The van der Waals surface area contributed by atoms with Gasteiger partial charge >= 0.3 is 0 Å². The number of halogens is 1. The highest BCUT2D eigenvalue weighted by atomic mass is 79.9. The highest BCUT2D eigenvalue weighted by molar-refractivity contribution is 9.09. The van der Waals surface area contributed by atoms with Crippen LogP contribution in [0.15, 0.2) is 54.6 Å². The van der Waals surface area contributed by atoms with Gasteiger partial charge in [0.1, 0.15) is 0 Å². The molecular weight excluding hydrogens is 332 g/mol. The summed E-state index contributed by atoms with van der Waals surface area (Å²) in [7, 11) is 0. The first-order valence-electron chi connectivity index (χ1n) is 7.95. The van der Waals surface area contributed by atoms with Crippen molar-refractivity contribution in [3.8, 4) is 0 Å². The zero-order valence-electron chi connectivity index (χ0n) is 12.9. The maximum absolute atomic E-state index is 3.91. The van der Waals surface area contributed by atoms with Gasteiger partial charge in [-0.05, 0) is 50.2 Å². The Morgan fingerprint density at radius 2 is 1.36 bits per heavy atom. The molecule has 0 heterocycles. The first-order chi connectivity index (χ1) is 10.6. The lowest BCUT2D eigenvalue weighted by Gasteiger charge is -2.18. The predicted molar refractivity (Wildman–Crippen MR) is 101 cm³/mol. The third-order valence-corrected chi connectivity index (χ3v) is 5.45. The van der Waals surface area contributed by atoms with Crippen LogP contribution < -0.4 is 0 Å². The van der Waals surface area contributed by atoms with Crippen LogP contribution in [0.5, 0.6) is 0 Å². The number of alkyl halides is 1. The molecule has 4 aromatic rings. The van der Waals surface area contributed by atoms with Crippen molar-refractivity contribution in [3.63, 3.8) is 0 Å². The van der Waals surface area contributed by atoms with E-state index in [1.165, 1.54) is 37.9 Å². The lowest BCUT2D eigenvalue weighted by molar-refractivity contribution is 0.585. The molecule has 0 saturated carbocycles. The van der Waals surface area contributed by atoms with Gasteiger partial charge in [-0.15, -0.1) is 0 Å². The van der Waals surface area contributed by atoms with Gasteiger partial charge in [-0.2, -0.15) is 0 Å². The van der Waals surface area contributed by atoms with E-state index >= 15 is 0 Å². The number of benzene rings is 4. The van der Waals surface area contributed by atoms with Crippen LogP contribution in [-0.4, -0.2) is 0 Å². The van der Waals surface area contributed by atoms with E-state index in [0.29, 0.717) is 10.7 Å². The molecule has 0 N–H and O–H groups in total. The van der Waals surface area contributed by atoms with E-state index in [1.54, 1.807) is 0 Å². The Morgan fingerprint density at radius 1 is 0.773 bits per heavy atom. The largest absolute Gasteiger partial charge is 0.0838 e. The van der Waals surface area contributed by atoms with Crippen LogP contribution in [0.2, 0.25) is 0 Å². The molecule has 110 valence electrons. The van der Waals surface area contributed by atoms with E-state index in [0.717, 1.165) is 6.42 Å². The first kappa shape index (κ1) is 14.0. The summed E-state index contributed by atoms with van der Waals surface area (Å²) in [4.78, 5) is 0.414. The molecule has 4 rings (SSSR count). The standard InChI is InChI=1S/C21H19Br/c1-13(2)12-19(22)17-10-8-16-7-6-14-4-3-5-15-9-11-18(17)21(16)20(14)15/h3-11,13,19H,12H2,1-2H3. The molecule has 0 nitrogen and oxygen atoms in total. The van der Waals surface area contributed by atoms with Gasteiger partial charge in [-0.25, -0.2) is 0 Å². The van der Waals surface area contributed by atoms with Gasteiger partial charge < -0.3 is 0 Å². The van der Waals surface area contributed by atoms with E-state index in [9.17, 15) is 0 Å². The fourth-order valence-electron chi connectivity index (χ4n) is 3.57. The Balaban J connectivity index is 2.08. The van der Waals surface area contributed by atoms with Crippen LogP contribution in [0, 0.1) is 5.92 Å². The maximum atomic E-state index is 3.91. The van der Waals surface area contributed by atoms with Crippen LogP contribution in [-0.2, 0) is 0 Å². The molecule has 1 heteroatoms. The van der Waals surface area contributed by atoms with Gasteiger partial charge in [0.15, 0.2) is 0 Å². The highest BCUT2D eigenvalue weighted by Crippen LogP contribution is 2.40. The normalized spacial score (nSPS) is 13.6. The molecule has 0 aromatic heterocycles. The minimum atomic E-state index is 0.414. The summed E-state index contributed by atoms with van der Waals surface area (Å²) in [5.74, 6) is 0.683. The van der Waals surface area contributed by atoms with Crippen molar-refractivity contribution in [2.45, 2.75) is 25.1 Å². The Hall–Kier alpha value is -1.60. The minimum absolute atomic E-state index is 0.414. The van der Waals surface area contributed by atoms with Crippen molar-refractivity contribution in [1.29, 1.82) is 0 Å². The molecule has 0 amide bonds. The molecule has 0 spiro atoms. The van der Waals surface area contributed by atoms with E-state index in [-0.39, 0.29) is 0 Å². The van der Waals surface area contributed by atoms with Gasteiger partial charge in [0.25, 0.3) is 0 Å². The van der Waals surface area contributed by atoms with Gasteiger partial charge in [0.2, 0.25) is 0 Å². The van der Waals surface area contributed by atoms with E-state index in [4.69, 9.17) is 0 Å². The van der Waals surface area contributed by atoms with Crippen molar-refractivity contribution >= 4 is 48.2 Å². The second-order valence-electron chi connectivity index (χ2n) is 6.61. The molecule has 1 unspecified atom stereocenters. The number of hydrogen-bond acceptors (Lipinski definition) is 0. The third kappa shape index (κ3) is 2.11. The molecule has 4 aromatic carbocycles. The van der Waals surface area contributed by atoms with Gasteiger partial charge in [0.05, 0.1) is 0 Å². The van der Waals surface area contributed by atoms with Gasteiger partial charge in [0, 0.05) is 4.83 Å². The summed E-state index contributed by atoms with van der Waals surface area (Å²) in [6, 6.07) is 20.2. The van der Waals surface area contributed by atoms with Crippen molar-refractivity contribution < 1.29 is 0 Å². The maximum Gasteiger partial charge on any atom is 0.0403 e. The fourth-order valence-corrected chi connectivity index (χ4v) is 4.72. The molecule has 0 aliphatic heterocycles. The van der Waals surface area contributed by atoms with E-state index in [1.807, 2.05) is 0 Å². The smallest absolute Gasteiger partial charge is 0.0403 e. The number of hydrogen-bond donors (Lipinski definition) is 0. The zero-order chi connectivity index (χ0) is 15.3. The molecule has 0 fully saturated rings. The minimum Gasteiger partial charge on any atom is -0.0838 e. The lowest BCUT2D eigenvalue weighted by atomic mass is 9.90. The average molecular weight is 351 g/mol. The average Bonchev–Trinajstić information content (AvgIpc) is 2.51. The van der Waals surface area contributed by atoms with Crippen molar-refractivity contribution in [2.24, 2.45) is 5.92 Å². The summed E-state index contributed by atoms with van der Waals surface area (Å²) >= 11 is 3.91. The Kier molecular flexibility index (Phi) is 3.34. The summed E-state index contributed by atoms with van der Waals surface area (Å²) in [6.07, 6.45) is 1.16. The molecule has 0 bridgehead atoms. The van der Waals surface area contributed by atoms with Crippen molar-refractivity contribution in [3.05, 3.63) is 60.2 Å². The summed E-state index contributed by atoms with van der Waals surface area (Å²) in [6.45, 7) is 4.56. The van der Waals surface area contributed by atoms with Crippen LogP contribution in [0.25, 0.3) is 32.3 Å². The molecule has 0 aliphatic rings. The monoisotopic (exact) mass is 350 g/mol. The van der Waals surface area contributed by atoms with E-state index in [2.05, 4.69) is 84.4 Å². The zero-order valence-corrected chi connectivity index (χ0v) is 14.5.